The number of benzene rings is 1. The summed E-state index contributed by atoms with van der Waals surface area (Å²) in [5.41, 5.74) is 12.1. The number of ether oxygens (including phenoxy) is 1. The number of nitrogens with zero attached hydrogens (tertiary/aromatic N) is 3. The zero-order valence-electron chi connectivity index (χ0n) is 15.0. The number of nitrogen functional groups attached to an aromatic ring is 1. The molecule has 6 nitrogen and oxygen atoms in total. The molecule has 3 rings (SSSR count). The number of fused-ring (bicyclic) bond motifs is 3. The van der Waals surface area contributed by atoms with E-state index >= 15 is 0 Å². The predicted octanol–water partition coefficient (Wildman–Crippen LogP) is 3.68. The Hall–Kier alpha value is -2.34. The van der Waals surface area contributed by atoms with E-state index in [9.17, 15) is 0 Å². The molecule has 2 aromatic heterocycles. The number of nitrogens with one attached hydrogen (secondary N) is 1. The van der Waals surface area contributed by atoms with E-state index in [0.29, 0.717) is 19.0 Å². The highest BCUT2D eigenvalue weighted by molar-refractivity contribution is 6.06. The molecule has 0 aliphatic heterocycles. The quantitative estimate of drug-likeness (QED) is 0.721. The number of pyridine rings is 1. The van der Waals surface area contributed by atoms with Gasteiger partial charge in [-0.3, -0.25) is 0 Å². The van der Waals surface area contributed by atoms with Gasteiger partial charge in [0, 0.05) is 18.5 Å². The smallest absolute Gasteiger partial charge is 0.154 e. The molecule has 130 valence electrons. The average Bonchev–Trinajstić information content (AvgIpc) is 2.99. The molecule has 3 aromatic rings. The first-order chi connectivity index (χ1) is 11.8. The number of imidazole rings is 1. The summed E-state index contributed by atoms with van der Waals surface area (Å²) in [6.45, 7) is 10.0. The summed E-state index contributed by atoms with van der Waals surface area (Å²) in [6, 6.07) is 7.96. The van der Waals surface area contributed by atoms with Crippen molar-refractivity contribution in [2.45, 2.75) is 40.7 Å². The van der Waals surface area contributed by atoms with Crippen LogP contribution < -0.4 is 11.2 Å². The number of anilines is 1. The Balaban J connectivity index is 0.00000100. The van der Waals surface area contributed by atoms with E-state index in [4.69, 9.17) is 10.5 Å². The highest BCUT2D eigenvalue weighted by Gasteiger charge is 2.17. The van der Waals surface area contributed by atoms with Crippen molar-refractivity contribution in [3.05, 3.63) is 30.1 Å². The third-order valence-corrected chi connectivity index (χ3v) is 3.54. The molecule has 0 saturated carbocycles. The van der Waals surface area contributed by atoms with Crippen molar-refractivity contribution in [1.82, 2.24) is 14.6 Å². The van der Waals surface area contributed by atoms with E-state index in [2.05, 4.69) is 22.3 Å². The van der Waals surface area contributed by atoms with E-state index in [0.717, 1.165) is 40.7 Å². The molecular formula is C18H27N5O. The lowest BCUT2D eigenvalue weighted by atomic mass is 10.2. The molecule has 0 aliphatic rings. The van der Waals surface area contributed by atoms with Crippen LogP contribution >= 0.6 is 0 Å². The van der Waals surface area contributed by atoms with Gasteiger partial charge in [-0.1, -0.05) is 39.0 Å². The maximum absolute atomic E-state index is 6.11. The SMILES string of the molecule is CC.CCCNn1c(COCC)nc2c(N)nc3ccccc3c21. The van der Waals surface area contributed by atoms with E-state index in [1.165, 1.54) is 0 Å². The second-order valence-corrected chi connectivity index (χ2v) is 5.12. The van der Waals surface area contributed by atoms with E-state index in [1.54, 1.807) is 0 Å². The van der Waals surface area contributed by atoms with Crippen LogP contribution in [0.2, 0.25) is 0 Å². The summed E-state index contributed by atoms with van der Waals surface area (Å²) in [7, 11) is 0. The Morgan fingerprint density at radius 3 is 2.62 bits per heavy atom. The largest absolute Gasteiger partial charge is 0.382 e. The monoisotopic (exact) mass is 329 g/mol. The zero-order valence-corrected chi connectivity index (χ0v) is 15.0. The molecule has 24 heavy (non-hydrogen) atoms. The lowest BCUT2D eigenvalue weighted by Crippen LogP contribution is -2.19. The number of aromatic nitrogens is 3. The number of para-hydroxylation sites is 1. The average molecular weight is 329 g/mol. The van der Waals surface area contributed by atoms with Crippen molar-refractivity contribution in [2.24, 2.45) is 0 Å². The van der Waals surface area contributed by atoms with Crippen molar-refractivity contribution in [3.8, 4) is 0 Å². The first-order valence-electron chi connectivity index (χ1n) is 8.63. The lowest BCUT2D eigenvalue weighted by Gasteiger charge is -2.12. The molecule has 2 heterocycles. The molecule has 0 bridgehead atoms. The molecule has 0 radical (unpaired) electrons. The highest BCUT2D eigenvalue weighted by atomic mass is 16.5. The Labute approximate surface area is 143 Å². The fourth-order valence-electron chi connectivity index (χ4n) is 2.53. The topological polar surface area (TPSA) is 78.0 Å². The summed E-state index contributed by atoms with van der Waals surface area (Å²) in [4.78, 5) is 9.09. The summed E-state index contributed by atoms with van der Waals surface area (Å²) in [5, 5.41) is 1.03. The van der Waals surface area contributed by atoms with Gasteiger partial charge in [-0.15, -0.1) is 0 Å². The first-order valence-corrected chi connectivity index (χ1v) is 8.63. The van der Waals surface area contributed by atoms with Gasteiger partial charge < -0.3 is 15.9 Å². The lowest BCUT2D eigenvalue weighted by molar-refractivity contribution is 0.127. The zero-order chi connectivity index (χ0) is 17.5. The fourth-order valence-corrected chi connectivity index (χ4v) is 2.53. The number of nitrogens with two attached hydrogens (primary N) is 1. The summed E-state index contributed by atoms with van der Waals surface area (Å²) in [6.07, 6.45) is 1.02. The van der Waals surface area contributed by atoms with Crippen LogP contribution in [0.1, 0.15) is 39.9 Å². The Bertz CT molecular complexity index is 797. The molecular weight excluding hydrogens is 302 g/mol. The van der Waals surface area contributed by atoms with Crippen molar-refractivity contribution in [1.29, 1.82) is 0 Å². The van der Waals surface area contributed by atoms with Gasteiger partial charge in [-0.05, 0) is 19.4 Å². The van der Waals surface area contributed by atoms with Gasteiger partial charge in [0.05, 0.1) is 5.52 Å². The van der Waals surface area contributed by atoms with Crippen LogP contribution in [0.15, 0.2) is 24.3 Å². The molecule has 0 atom stereocenters. The third-order valence-electron chi connectivity index (χ3n) is 3.54. The van der Waals surface area contributed by atoms with Gasteiger partial charge in [0.15, 0.2) is 11.6 Å². The first kappa shape index (κ1) is 18.0. The molecule has 0 amide bonds. The van der Waals surface area contributed by atoms with Gasteiger partial charge in [-0.25, -0.2) is 14.6 Å². The van der Waals surface area contributed by atoms with Crippen LogP contribution in [-0.2, 0) is 11.3 Å². The molecule has 6 heteroatoms. The minimum absolute atomic E-state index is 0.440. The van der Waals surface area contributed by atoms with Crippen LogP contribution in [0.5, 0.6) is 0 Å². The highest BCUT2D eigenvalue weighted by Crippen LogP contribution is 2.28. The van der Waals surface area contributed by atoms with Gasteiger partial charge in [-0.2, -0.15) is 0 Å². The van der Waals surface area contributed by atoms with Crippen molar-refractivity contribution in [3.63, 3.8) is 0 Å². The Morgan fingerprint density at radius 1 is 1.17 bits per heavy atom. The number of hydrogen-bond acceptors (Lipinski definition) is 5. The van der Waals surface area contributed by atoms with Crippen LogP contribution in [0.3, 0.4) is 0 Å². The maximum Gasteiger partial charge on any atom is 0.154 e. The van der Waals surface area contributed by atoms with Crippen molar-refractivity contribution < 1.29 is 4.74 Å². The second-order valence-electron chi connectivity index (χ2n) is 5.12. The molecule has 0 unspecified atom stereocenters. The van der Waals surface area contributed by atoms with Crippen LogP contribution in [0.4, 0.5) is 5.82 Å². The molecule has 0 fully saturated rings. The molecule has 0 spiro atoms. The van der Waals surface area contributed by atoms with Crippen molar-refractivity contribution >= 4 is 27.8 Å². The van der Waals surface area contributed by atoms with E-state index in [1.807, 2.05) is 49.7 Å². The minimum atomic E-state index is 0.440. The maximum atomic E-state index is 6.11. The number of rotatable bonds is 6. The summed E-state index contributed by atoms with van der Waals surface area (Å²) >= 11 is 0. The van der Waals surface area contributed by atoms with E-state index in [-0.39, 0.29) is 0 Å². The Morgan fingerprint density at radius 2 is 1.92 bits per heavy atom. The van der Waals surface area contributed by atoms with Crippen LogP contribution in [0.25, 0.3) is 21.9 Å². The number of hydrogen-bond donors (Lipinski definition) is 2. The van der Waals surface area contributed by atoms with E-state index < -0.39 is 0 Å². The summed E-state index contributed by atoms with van der Waals surface area (Å²) < 4.78 is 7.53. The fraction of sp³-hybridized carbons (Fsp3) is 0.444. The van der Waals surface area contributed by atoms with Gasteiger partial charge in [0.25, 0.3) is 0 Å². The third kappa shape index (κ3) is 3.43. The molecule has 1 aromatic carbocycles. The van der Waals surface area contributed by atoms with Crippen LogP contribution in [-0.4, -0.2) is 27.8 Å². The van der Waals surface area contributed by atoms with Gasteiger partial charge in [0.1, 0.15) is 17.6 Å². The molecule has 0 aliphatic carbocycles. The van der Waals surface area contributed by atoms with Crippen LogP contribution in [0, 0.1) is 0 Å². The second kappa shape index (κ2) is 8.49. The predicted molar refractivity (Wildman–Crippen MR) is 101 cm³/mol. The summed E-state index contributed by atoms with van der Waals surface area (Å²) in [5.74, 6) is 1.26. The Kier molecular flexibility index (Phi) is 6.37. The van der Waals surface area contributed by atoms with Gasteiger partial charge >= 0.3 is 0 Å². The van der Waals surface area contributed by atoms with Crippen molar-refractivity contribution in [2.75, 3.05) is 24.3 Å². The molecule has 3 N–H and O–H groups in total. The molecule has 0 saturated heterocycles. The minimum Gasteiger partial charge on any atom is -0.382 e. The van der Waals surface area contributed by atoms with Gasteiger partial charge in [0.2, 0.25) is 0 Å². The normalized spacial score (nSPS) is 10.7. The standard InChI is InChI=1S/C16H21N5O.C2H6/c1-3-9-18-21-13(10-22-4-2)20-14-15(21)11-7-5-6-8-12(11)19-16(14)17;1-2/h5-8,18H,3-4,9-10H2,1-2H3,(H2,17,19);1-2H3.